The molecule has 1 atom stereocenters. The van der Waals surface area contributed by atoms with E-state index in [1.807, 2.05) is 24.3 Å². The highest BCUT2D eigenvalue weighted by Gasteiger charge is 2.12. The van der Waals surface area contributed by atoms with Crippen LogP contribution in [0.3, 0.4) is 0 Å². The van der Waals surface area contributed by atoms with Crippen LogP contribution in [0, 0.1) is 11.8 Å². The zero-order valence-corrected chi connectivity index (χ0v) is 10.6. The zero-order valence-electron chi connectivity index (χ0n) is 10.6. The molecule has 18 heavy (non-hydrogen) atoms. The quantitative estimate of drug-likeness (QED) is 0.767. The van der Waals surface area contributed by atoms with Crippen LogP contribution in [0.1, 0.15) is 24.8 Å². The topological polar surface area (TPSA) is 27.7 Å². The van der Waals surface area contributed by atoms with Crippen LogP contribution in [-0.2, 0) is 9.47 Å². The van der Waals surface area contributed by atoms with Crippen molar-refractivity contribution in [3.63, 3.8) is 0 Å². The van der Waals surface area contributed by atoms with Gasteiger partial charge in [0.1, 0.15) is 12.4 Å². The first-order valence-electron chi connectivity index (χ1n) is 6.25. The molecule has 3 nitrogen and oxygen atoms in total. The largest absolute Gasteiger partial charge is 0.495 e. The fourth-order valence-corrected chi connectivity index (χ4v) is 1.86. The Morgan fingerprint density at radius 3 is 3.00 bits per heavy atom. The number of hydrogen-bond donors (Lipinski definition) is 0. The maximum atomic E-state index is 5.54. The van der Waals surface area contributed by atoms with Gasteiger partial charge in [0, 0.05) is 6.61 Å². The van der Waals surface area contributed by atoms with Gasteiger partial charge in [-0.3, -0.25) is 0 Å². The fourth-order valence-electron chi connectivity index (χ4n) is 1.86. The van der Waals surface area contributed by atoms with Crippen LogP contribution >= 0.6 is 0 Å². The molecule has 1 saturated heterocycles. The van der Waals surface area contributed by atoms with E-state index in [1.54, 1.807) is 7.11 Å². The van der Waals surface area contributed by atoms with Crippen molar-refractivity contribution in [2.45, 2.75) is 25.6 Å². The molecule has 2 rings (SSSR count). The van der Waals surface area contributed by atoms with E-state index in [2.05, 4.69) is 11.8 Å². The molecule has 0 aliphatic carbocycles. The molecular weight excluding hydrogens is 228 g/mol. The Labute approximate surface area is 108 Å². The van der Waals surface area contributed by atoms with E-state index in [4.69, 9.17) is 14.2 Å². The van der Waals surface area contributed by atoms with Gasteiger partial charge in [-0.25, -0.2) is 0 Å². The van der Waals surface area contributed by atoms with E-state index < -0.39 is 0 Å². The molecule has 3 heteroatoms. The zero-order chi connectivity index (χ0) is 12.6. The molecule has 0 spiro atoms. The van der Waals surface area contributed by atoms with Crippen molar-refractivity contribution in [2.24, 2.45) is 0 Å². The summed E-state index contributed by atoms with van der Waals surface area (Å²) in [5.74, 6) is 6.83. The summed E-state index contributed by atoms with van der Waals surface area (Å²) in [6.45, 7) is 1.19. The minimum Gasteiger partial charge on any atom is -0.495 e. The Morgan fingerprint density at radius 1 is 1.33 bits per heavy atom. The molecule has 0 aromatic heterocycles. The van der Waals surface area contributed by atoms with Crippen molar-refractivity contribution in [3.8, 4) is 17.6 Å². The third-order valence-corrected chi connectivity index (χ3v) is 2.81. The summed E-state index contributed by atoms with van der Waals surface area (Å²) in [5, 5.41) is 0. The van der Waals surface area contributed by atoms with Gasteiger partial charge in [-0.1, -0.05) is 24.0 Å². The average molecular weight is 246 g/mol. The molecular formula is C15H18O3. The van der Waals surface area contributed by atoms with Gasteiger partial charge in [0.15, 0.2) is 6.29 Å². The molecule has 0 saturated carbocycles. The Bertz CT molecular complexity index is 425. The van der Waals surface area contributed by atoms with E-state index in [1.165, 1.54) is 6.42 Å². The number of para-hydroxylation sites is 1. The molecule has 1 heterocycles. The van der Waals surface area contributed by atoms with Gasteiger partial charge in [0.05, 0.1) is 12.7 Å². The predicted molar refractivity (Wildman–Crippen MR) is 69.4 cm³/mol. The van der Waals surface area contributed by atoms with Gasteiger partial charge >= 0.3 is 0 Å². The Kier molecular flexibility index (Phi) is 5.07. The minimum atomic E-state index is -0.0780. The first-order valence-corrected chi connectivity index (χ1v) is 6.25. The summed E-state index contributed by atoms with van der Waals surface area (Å²) < 4.78 is 16.2. The second-order valence-corrected chi connectivity index (χ2v) is 4.11. The van der Waals surface area contributed by atoms with Gasteiger partial charge in [0.2, 0.25) is 0 Å². The fraction of sp³-hybridized carbons (Fsp3) is 0.467. The van der Waals surface area contributed by atoms with Gasteiger partial charge < -0.3 is 14.2 Å². The van der Waals surface area contributed by atoms with E-state index in [0.29, 0.717) is 6.61 Å². The van der Waals surface area contributed by atoms with Crippen molar-refractivity contribution in [3.05, 3.63) is 29.8 Å². The lowest BCUT2D eigenvalue weighted by Crippen LogP contribution is -2.22. The lowest BCUT2D eigenvalue weighted by atomic mass is 10.2. The maximum absolute atomic E-state index is 5.54. The summed E-state index contributed by atoms with van der Waals surface area (Å²) in [5.41, 5.74) is 0.883. The number of ether oxygens (including phenoxy) is 3. The molecule has 0 radical (unpaired) electrons. The van der Waals surface area contributed by atoms with Crippen molar-refractivity contribution in [1.82, 2.24) is 0 Å². The molecule has 0 bridgehead atoms. The van der Waals surface area contributed by atoms with E-state index in [9.17, 15) is 0 Å². The smallest absolute Gasteiger partial charge is 0.158 e. The van der Waals surface area contributed by atoms with Crippen LogP contribution in [0.25, 0.3) is 0 Å². The molecule has 1 aliphatic heterocycles. The van der Waals surface area contributed by atoms with E-state index in [0.717, 1.165) is 30.8 Å². The van der Waals surface area contributed by atoms with Gasteiger partial charge in [-0.05, 0) is 31.4 Å². The van der Waals surface area contributed by atoms with Crippen molar-refractivity contribution in [2.75, 3.05) is 20.3 Å². The predicted octanol–water partition coefficient (Wildman–Crippen LogP) is 2.59. The molecule has 1 aromatic rings. The van der Waals surface area contributed by atoms with Crippen molar-refractivity contribution < 1.29 is 14.2 Å². The van der Waals surface area contributed by atoms with Crippen molar-refractivity contribution >= 4 is 0 Å². The van der Waals surface area contributed by atoms with Gasteiger partial charge in [-0.15, -0.1) is 0 Å². The van der Waals surface area contributed by atoms with Crippen LogP contribution in [0.4, 0.5) is 0 Å². The molecule has 96 valence electrons. The van der Waals surface area contributed by atoms with Crippen LogP contribution in [0.2, 0.25) is 0 Å². The first kappa shape index (κ1) is 12.9. The molecule has 0 N–H and O–H groups in total. The number of hydrogen-bond acceptors (Lipinski definition) is 3. The second kappa shape index (κ2) is 7.05. The highest BCUT2D eigenvalue weighted by atomic mass is 16.7. The average Bonchev–Trinajstić information content (AvgIpc) is 2.45. The molecule has 1 fully saturated rings. The molecule has 1 unspecified atom stereocenters. The summed E-state index contributed by atoms with van der Waals surface area (Å²) >= 11 is 0. The number of benzene rings is 1. The maximum Gasteiger partial charge on any atom is 0.158 e. The van der Waals surface area contributed by atoms with Crippen LogP contribution in [0.5, 0.6) is 5.75 Å². The van der Waals surface area contributed by atoms with Crippen LogP contribution in [-0.4, -0.2) is 26.6 Å². The highest BCUT2D eigenvalue weighted by Crippen LogP contribution is 2.16. The second-order valence-electron chi connectivity index (χ2n) is 4.11. The minimum absolute atomic E-state index is 0.0780. The Balaban J connectivity index is 1.84. The van der Waals surface area contributed by atoms with Gasteiger partial charge in [0.25, 0.3) is 0 Å². The lowest BCUT2D eigenvalue weighted by Gasteiger charge is -2.21. The Hall–Kier alpha value is -1.50. The van der Waals surface area contributed by atoms with Crippen molar-refractivity contribution in [1.29, 1.82) is 0 Å². The third kappa shape index (κ3) is 3.76. The summed E-state index contributed by atoms with van der Waals surface area (Å²) in [6.07, 6.45) is 3.19. The van der Waals surface area contributed by atoms with Crippen LogP contribution in [0.15, 0.2) is 24.3 Å². The van der Waals surface area contributed by atoms with E-state index in [-0.39, 0.29) is 6.29 Å². The number of rotatable bonds is 3. The lowest BCUT2D eigenvalue weighted by molar-refractivity contribution is -0.154. The standard InChI is InChI=1S/C15H18O3/c1-16-14-9-3-2-7-13(14)8-6-12-18-15-10-4-5-11-17-15/h2-3,7,9,15H,4-5,10-12H2,1H3. The monoisotopic (exact) mass is 246 g/mol. The highest BCUT2D eigenvalue weighted by molar-refractivity contribution is 5.45. The first-order chi connectivity index (χ1) is 8.90. The van der Waals surface area contributed by atoms with Gasteiger partial charge in [-0.2, -0.15) is 0 Å². The summed E-state index contributed by atoms with van der Waals surface area (Å²) in [4.78, 5) is 0. The third-order valence-electron chi connectivity index (χ3n) is 2.81. The SMILES string of the molecule is COc1ccccc1C#CCOC1CCCCO1. The van der Waals surface area contributed by atoms with Crippen LogP contribution < -0.4 is 4.74 Å². The number of methoxy groups -OCH3 is 1. The normalized spacial score (nSPS) is 18.8. The Morgan fingerprint density at radius 2 is 2.22 bits per heavy atom. The summed E-state index contributed by atoms with van der Waals surface area (Å²) in [6, 6.07) is 7.70. The molecule has 1 aliphatic rings. The summed E-state index contributed by atoms with van der Waals surface area (Å²) in [7, 11) is 1.65. The molecule has 1 aromatic carbocycles. The molecule has 0 amide bonds. The van der Waals surface area contributed by atoms with E-state index >= 15 is 0 Å².